The SMILES string of the molecule is Cc1ncccc1[S+]([O-])N1CC2(CN(CC3CCOCC3)C2)C1. The number of hydrogen-bond donors (Lipinski definition) is 0. The van der Waals surface area contributed by atoms with E-state index in [1.165, 1.54) is 32.5 Å². The summed E-state index contributed by atoms with van der Waals surface area (Å²) < 4.78 is 20.2. The molecule has 0 radical (unpaired) electrons. The number of hydrogen-bond acceptors (Lipinski definition) is 5. The van der Waals surface area contributed by atoms with Gasteiger partial charge in [0.25, 0.3) is 0 Å². The lowest BCUT2D eigenvalue weighted by Crippen LogP contribution is -2.73. The molecule has 6 heteroatoms. The molecule has 0 saturated carbocycles. The molecular weight excluding hydrogens is 310 g/mol. The Bertz CT molecular complexity index is 551. The largest absolute Gasteiger partial charge is 0.593 e. The van der Waals surface area contributed by atoms with Gasteiger partial charge in [0, 0.05) is 44.5 Å². The van der Waals surface area contributed by atoms with Crippen molar-refractivity contribution >= 4 is 11.4 Å². The summed E-state index contributed by atoms with van der Waals surface area (Å²) in [6.45, 7) is 9.27. The van der Waals surface area contributed by atoms with Crippen LogP contribution in [0, 0.1) is 18.3 Å². The van der Waals surface area contributed by atoms with E-state index in [4.69, 9.17) is 4.74 Å². The van der Waals surface area contributed by atoms with Crippen LogP contribution in [-0.2, 0) is 16.1 Å². The zero-order valence-corrected chi connectivity index (χ0v) is 14.6. The van der Waals surface area contributed by atoms with E-state index in [2.05, 4.69) is 14.2 Å². The van der Waals surface area contributed by atoms with E-state index in [0.717, 1.165) is 42.8 Å². The fourth-order valence-electron chi connectivity index (χ4n) is 4.14. The van der Waals surface area contributed by atoms with Crippen molar-refractivity contribution in [3.8, 4) is 0 Å². The lowest BCUT2D eigenvalue weighted by Gasteiger charge is -2.59. The lowest BCUT2D eigenvalue weighted by molar-refractivity contribution is -0.0912. The van der Waals surface area contributed by atoms with Gasteiger partial charge in [0.2, 0.25) is 0 Å². The van der Waals surface area contributed by atoms with Crippen LogP contribution in [0.4, 0.5) is 0 Å². The molecule has 4 heterocycles. The Kier molecular flexibility index (Phi) is 4.36. The first kappa shape index (κ1) is 15.8. The van der Waals surface area contributed by atoms with E-state index in [0.29, 0.717) is 5.41 Å². The highest BCUT2D eigenvalue weighted by Crippen LogP contribution is 2.42. The second-order valence-electron chi connectivity index (χ2n) is 7.36. The summed E-state index contributed by atoms with van der Waals surface area (Å²) >= 11 is -1.05. The maximum atomic E-state index is 12.6. The molecule has 3 saturated heterocycles. The summed E-state index contributed by atoms with van der Waals surface area (Å²) in [5.41, 5.74) is 1.28. The van der Waals surface area contributed by atoms with Gasteiger partial charge in [-0.1, -0.05) is 0 Å². The maximum absolute atomic E-state index is 12.6. The van der Waals surface area contributed by atoms with Gasteiger partial charge < -0.3 is 14.2 Å². The van der Waals surface area contributed by atoms with Crippen LogP contribution in [0.5, 0.6) is 0 Å². The Balaban J connectivity index is 1.25. The van der Waals surface area contributed by atoms with Crippen molar-refractivity contribution in [2.24, 2.45) is 11.3 Å². The molecule has 1 aromatic rings. The van der Waals surface area contributed by atoms with Gasteiger partial charge in [-0.2, -0.15) is 0 Å². The molecule has 0 aromatic carbocycles. The lowest BCUT2D eigenvalue weighted by atomic mass is 9.74. The molecule has 23 heavy (non-hydrogen) atoms. The Hall–Kier alpha value is -0.660. The molecule has 1 unspecified atom stereocenters. The number of nitrogens with zero attached hydrogens (tertiary/aromatic N) is 3. The third-order valence-electron chi connectivity index (χ3n) is 5.38. The molecule has 1 atom stereocenters. The number of ether oxygens (including phenoxy) is 1. The molecule has 0 bridgehead atoms. The standard InChI is InChI=1S/C17H25N3O2S/c1-14-16(3-2-6-18-14)23(21)20-12-17(13-20)10-19(11-17)9-15-4-7-22-8-5-15/h2-3,6,15H,4-5,7-13H2,1H3. The molecule has 0 aliphatic carbocycles. The first-order valence-corrected chi connectivity index (χ1v) is 9.64. The second kappa shape index (κ2) is 6.33. The average molecular weight is 335 g/mol. The van der Waals surface area contributed by atoms with Crippen molar-refractivity contribution in [2.45, 2.75) is 24.7 Å². The highest BCUT2D eigenvalue weighted by Gasteiger charge is 2.56. The number of likely N-dealkylation sites (tertiary alicyclic amines) is 1. The summed E-state index contributed by atoms with van der Waals surface area (Å²) in [6, 6.07) is 3.80. The van der Waals surface area contributed by atoms with Gasteiger partial charge in [0.05, 0.1) is 30.1 Å². The third-order valence-corrected chi connectivity index (χ3v) is 6.91. The van der Waals surface area contributed by atoms with E-state index in [1.54, 1.807) is 6.20 Å². The van der Waals surface area contributed by atoms with E-state index in [9.17, 15) is 4.55 Å². The average Bonchev–Trinajstić information content (AvgIpc) is 2.49. The van der Waals surface area contributed by atoms with Crippen molar-refractivity contribution in [3.05, 3.63) is 24.0 Å². The van der Waals surface area contributed by atoms with E-state index < -0.39 is 11.4 Å². The first-order chi connectivity index (χ1) is 11.2. The molecule has 4 rings (SSSR count). The molecule has 126 valence electrons. The minimum absolute atomic E-state index is 0.400. The normalized spacial score (nSPS) is 26.7. The summed E-state index contributed by atoms with van der Waals surface area (Å²) in [5.74, 6) is 0.810. The topological polar surface area (TPSA) is 51.7 Å². The Morgan fingerprint density at radius 2 is 2.04 bits per heavy atom. The molecule has 3 fully saturated rings. The number of rotatable bonds is 4. The quantitative estimate of drug-likeness (QED) is 0.780. The highest BCUT2D eigenvalue weighted by molar-refractivity contribution is 7.89. The number of aromatic nitrogens is 1. The summed E-state index contributed by atoms with van der Waals surface area (Å²) in [6.07, 6.45) is 4.17. The monoisotopic (exact) mass is 335 g/mol. The number of pyridine rings is 1. The number of aryl methyl sites for hydroxylation is 1. The minimum Gasteiger partial charge on any atom is -0.593 e. The summed E-state index contributed by atoms with van der Waals surface area (Å²) in [4.78, 5) is 7.69. The van der Waals surface area contributed by atoms with Gasteiger partial charge in [-0.15, -0.1) is 4.31 Å². The second-order valence-corrected chi connectivity index (χ2v) is 8.81. The van der Waals surface area contributed by atoms with Crippen molar-refractivity contribution < 1.29 is 9.29 Å². The van der Waals surface area contributed by atoms with E-state index >= 15 is 0 Å². The predicted molar refractivity (Wildman–Crippen MR) is 89.4 cm³/mol. The van der Waals surface area contributed by atoms with Crippen LogP contribution in [0.2, 0.25) is 0 Å². The van der Waals surface area contributed by atoms with E-state index in [1.807, 2.05) is 19.1 Å². The summed E-state index contributed by atoms with van der Waals surface area (Å²) in [5, 5.41) is 0. The molecule has 0 N–H and O–H groups in total. The van der Waals surface area contributed by atoms with Gasteiger partial charge in [-0.25, -0.2) is 0 Å². The summed E-state index contributed by atoms with van der Waals surface area (Å²) in [7, 11) is 0. The van der Waals surface area contributed by atoms with Gasteiger partial charge in [0.1, 0.15) is 0 Å². The van der Waals surface area contributed by atoms with E-state index in [-0.39, 0.29) is 0 Å². The first-order valence-electron chi connectivity index (χ1n) is 8.54. The Labute approximate surface area is 141 Å². The highest BCUT2D eigenvalue weighted by atomic mass is 32.2. The van der Waals surface area contributed by atoms with Gasteiger partial charge in [-0.05, 0) is 37.8 Å². The zero-order valence-electron chi connectivity index (χ0n) is 13.7. The molecule has 1 spiro atoms. The third kappa shape index (κ3) is 3.15. The van der Waals surface area contributed by atoms with Crippen LogP contribution in [0.15, 0.2) is 23.2 Å². The molecule has 1 aromatic heterocycles. The van der Waals surface area contributed by atoms with Gasteiger partial charge in [0.15, 0.2) is 4.90 Å². The Morgan fingerprint density at radius 3 is 2.74 bits per heavy atom. The smallest absolute Gasteiger partial charge is 0.195 e. The predicted octanol–water partition coefficient (Wildman–Crippen LogP) is 1.46. The molecule has 5 nitrogen and oxygen atoms in total. The van der Waals surface area contributed by atoms with Crippen LogP contribution < -0.4 is 0 Å². The fraction of sp³-hybridized carbons (Fsp3) is 0.706. The molecule has 3 aliphatic rings. The van der Waals surface area contributed by atoms with Crippen LogP contribution in [0.3, 0.4) is 0 Å². The van der Waals surface area contributed by atoms with Crippen molar-refractivity contribution in [1.82, 2.24) is 14.2 Å². The van der Waals surface area contributed by atoms with Crippen molar-refractivity contribution in [2.75, 3.05) is 45.9 Å². The molecular formula is C17H25N3O2S. The van der Waals surface area contributed by atoms with Gasteiger partial charge in [-0.3, -0.25) is 4.98 Å². The minimum atomic E-state index is -1.05. The van der Waals surface area contributed by atoms with Crippen LogP contribution >= 0.6 is 0 Å². The van der Waals surface area contributed by atoms with Crippen molar-refractivity contribution in [1.29, 1.82) is 0 Å². The zero-order chi connectivity index (χ0) is 15.9. The van der Waals surface area contributed by atoms with Crippen LogP contribution in [-0.4, -0.2) is 64.7 Å². The van der Waals surface area contributed by atoms with Crippen LogP contribution in [0.25, 0.3) is 0 Å². The van der Waals surface area contributed by atoms with Crippen molar-refractivity contribution in [3.63, 3.8) is 0 Å². The van der Waals surface area contributed by atoms with Crippen LogP contribution in [0.1, 0.15) is 18.5 Å². The Morgan fingerprint density at radius 1 is 1.30 bits per heavy atom. The van der Waals surface area contributed by atoms with Gasteiger partial charge >= 0.3 is 0 Å². The molecule has 0 amide bonds. The maximum Gasteiger partial charge on any atom is 0.195 e. The fourth-order valence-corrected chi connectivity index (χ4v) is 5.70. The molecule has 3 aliphatic heterocycles.